The number of nitrogens with zero attached hydrogens (tertiary/aromatic N) is 3. The van der Waals surface area contributed by atoms with Gasteiger partial charge < -0.3 is 5.32 Å². The van der Waals surface area contributed by atoms with E-state index in [9.17, 15) is 4.79 Å². The quantitative estimate of drug-likeness (QED) is 0.804. The number of fused-ring (bicyclic) bond motifs is 1. The summed E-state index contributed by atoms with van der Waals surface area (Å²) in [6.45, 7) is 2.02. The van der Waals surface area contributed by atoms with E-state index in [1.54, 1.807) is 18.5 Å². The van der Waals surface area contributed by atoms with Crippen LogP contribution in [-0.2, 0) is 0 Å². The zero-order valence-electron chi connectivity index (χ0n) is 12.0. The summed E-state index contributed by atoms with van der Waals surface area (Å²) >= 11 is 6.22. The van der Waals surface area contributed by atoms with E-state index in [0.717, 1.165) is 12.0 Å². The average molecular weight is 315 g/mol. The predicted octanol–water partition coefficient (Wildman–Crippen LogP) is 3.26. The molecule has 0 fully saturated rings. The van der Waals surface area contributed by atoms with Crippen molar-refractivity contribution in [1.82, 2.24) is 19.9 Å². The van der Waals surface area contributed by atoms with Gasteiger partial charge in [0, 0.05) is 12.4 Å². The van der Waals surface area contributed by atoms with E-state index in [0.29, 0.717) is 5.65 Å². The molecule has 0 aliphatic carbocycles. The topological polar surface area (TPSA) is 59.3 Å². The molecule has 6 heteroatoms. The molecule has 0 radical (unpaired) electrons. The molecule has 1 amide bonds. The van der Waals surface area contributed by atoms with Gasteiger partial charge in [-0.15, -0.1) is 0 Å². The first-order chi connectivity index (χ1) is 10.7. The van der Waals surface area contributed by atoms with Crippen molar-refractivity contribution in [3.8, 4) is 0 Å². The number of hydrogen-bond acceptors (Lipinski definition) is 3. The minimum atomic E-state index is -0.300. The molecule has 0 saturated heterocycles. The fourth-order valence-electron chi connectivity index (χ4n) is 2.34. The Morgan fingerprint density at radius 2 is 2.09 bits per heavy atom. The molecule has 2 heterocycles. The van der Waals surface area contributed by atoms with E-state index in [2.05, 4.69) is 15.4 Å². The number of halogens is 1. The van der Waals surface area contributed by atoms with Crippen molar-refractivity contribution >= 4 is 23.2 Å². The van der Waals surface area contributed by atoms with Crippen molar-refractivity contribution in [3.63, 3.8) is 0 Å². The molecular weight excluding hydrogens is 300 g/mol. The third-order valence-corrected chi connectivity index (χ3v) is 3.82. The third kappa shape index (κ3) is 2.67. The first-order valence-corrected chi connectivity index (χ1v) is 7.43. The first kappa shape index (κ1) is 14.5. The second kappa shape index (κ2) is 6.15. The van der Waals surface area contributed by atoms with E-state index < -0.39 is 0 Å². The summed E-state index contributed by atoms with van der Waals surface area (Å²) in [7, 11) is 0. The molecule has 0 unspecified atom stereocenters. The number of amides is 1. The molecule has 0 spiro atoms. The van der Waals surface area contributed by atoms with Crippen LogP contribution in [0, 0.1) is 0 Å². The van der Waals surface area contributed by atoms with E-state index in [-0.39, 0.29) is 22.7 Å². The van der Waals surface area contributed by atoms with Crippen LogP contribution in [-0.4, -0.2) is 20.5 Å². The molecule has 112 valence electrons. The SMILES string of the molecule is CC[C@@H](NC(=O)c1nn2cccnc2c1Cl)c1ccccc1. The maximum absolute atomic E-state index is 12.5. The molecule has 1 N–H and O–H groups in total. The lowest BCUT2D eigenvalue weighted by Gasteiger charge is -2.16. The maximum atomic E-state index is 12.5. The van der Waals surface area contributed by atoms with Gasteiger partial charge in [-0.1, -0.05) is 48.9 Å². The lowest BCUT2D eigenvalue weighted by atomic mass is 10.0. The highest BCUT2D eigenvalue weighted by Crippen LogP contribution is 2.22. The summed E-state index contributed by atoms with van der Waals surface area (Å²) in [6, 6.07) is 11.5. The Labute approximate surface area is 132 Å². The van der Waals surface area contributed by atoms with Gasteiger partial charge in [0.2, 0.25) is 0 Å². The maximum Gasteiger partial charge on any atom is 0.273 e. The molecule has 0 saturated carbocycles. The van der Waals surface area contributed by atoms with Crippen molar-refractivity contribution in [2.24, 2.45) is 0 Å². The van der Waals surface area contributed by atoms with Crippen LogP contribution in [0.2, 0.25) is 5.02 Å². The molecule has 1 atom stereocenters. The van der Waals surface area contributed by atoms with Gasteiger partial charge in [-0.25, -0.2) is 9.50 Å². The third-order valence-electron chi connectivity index (χ3n) is 3.47. The van der Waals surface area contributed by atoms with Gasteiger partial charge in [-0.3, -0.25) is 4.79 Å². The molecule has 0 bridgehead atoms. The van der Waals surface area contributed by atoms with Crippen LogP contribution >= 0.6 is 11.6 Å². The Morgan fingerprint density at radius 3 is 2.77 bits per heavy atom. The van der Waals surface area contributed by atoms with Crippen molar-refractivity contribution < 1.29 is 4.79 Å². The molecule has 5 nitrogen and oxygen atoms in total. The van der Waals surface area contributed by atoms with Gasteiger partial charge in [0.25, 0.3) is 5.91 Å². The Morgan fingerprint density at radius 1 is 1.32 bits per heavy atom. The van der Waals surface area contributed by atoms with Crippen LogP contribution in [0.3, 0.4) is 0 Å². The summed E-state index contributed by atoms with van der Waals surface area (Å²) in [5.41, 5.74) is 1.72. The summed E-state index contributed by atoms with van der Waals surface area (Å²) in [4.78, 5) is 16.6. The van der Waals surface area contributed by atoms with E-state index in [1.807, 2.05) is 37.3 Å². The van der Waals surface area contributed by atoms with Crippen LogP contribution in [0.4, 0.5) is 0 Å². The Balaban J connectivity index is 1.88. The highest BCUT2D eigenvalue weighted by molar-refractivity contribution is 6.36. The van der Waals surface area contributed by atoms with Crippen molar-refractivity contribution in [3.05, 3.63) is 65.1 Å². The standard InChI is InChI=1S/C16H15ClN4O/c1-2-12(11-7-4-3-5-8-11)19-16(22)14-13(17)15-18-9-6-10-21(15)20-14/h3-10,12H,2H2,1H3,(H,19,22)/t12-/m1/s1. The molecule has 22 heavy (non-hydrogen) atoms. The van der Waals surface area contributed by atoms with E-state index in [1.165, 1.54) is 4.52 Å². The van der Waals surface area contributed by atoms with Gasteiger partial charge in [0.15, 0.2) is 11.3 Å². The second-order valence-electron chi connectivity index (χ2n) is 4.90. The summed E-state index contributed by atoms with van der Waals surface area (Å²) in [5, 5.41) is 7.44. The minimum absolute atomic E-state index is 0.0810. The highest BCUT2D eigenvalue weighted by Gasteiger charge is 2.21. The van der Waals surface area contributed by atoms with Gasteiger partial charge in [-0.05, 0) is 18.1 Å². The van der Waals surface area contributed by atoms with E-state index in [4.69, 9.17) is 11.6 Å². The molecular formula is C16H15ClN4O. The fourth-order valence-corrected chi connectivity index (χ4v) is 2.60. The minimum Gasteiger partial charge on any atom is -0.344 e. The normalized spacial score (nSPS) is 12.3. The van der Waals surface area contributed by atoms with Gasteiger partial charge in [0.05, 0.1) is 6.04 Å². The zero-order valence-corrected chi connectivity index (χ0v) is 12.8. The van der Waals surface area contributed by atoms with Gasteiger partial charge in [-0.2, -0.15) is 5.10 Å². The van der Waals surface area contributed by atoms with Crippen molar-refractivity contribution in [1.29, 1.82) is 0 Å². The number of rotatable bonds is 4. The number of nitrogens with one attached hydrogen (secondary N) is 1. The molecule has 3 rings (SSSR count). The number of hydrogen-bond donors (Lipinski definition) is 1. The van der Waals surface area contributed by atoms with Gasteiger partial charge in [0.1, 0.15) is 5.02 Å². The summed E-state index contributed by atoms with van der Waals surface area (Å²) in [6.07, 6.45) is 4.10. The van der Waals surface area contributed by atoms with Crippen molar-refractivity contribution in [2.75, 3.05) is 0 Å². The molecule has 0 aliphatic heterocycles. The van der Waals surface area contributed by atoms with Crippen LogP contribution in [0.15, 0.2) is 48.8 Å². The monoisotopic (exact) mass is 314 g/mol. The number of aromatic nitrogens is 3. The molecule has 2 aromatic heterocycles. The second-order valence-corrected chi connectivity index (χ2v) is 5.27. The Bertz CT molecular complexity index is 800. The average Bonchev–Trinajstić information content (AvgIpc) is 2.91. The Kier molecular flexibility index (Phi) is 4.06. The molecule has 1 aromatic carbocycles. The summed E-state index contributed by atoms with van der Waals surface area (Å²) in [5.74, 6) is -0.300. The summed E-state index contributed by atoms with van der Waals surface area (Å²) < 4.78 is 1.50. The highest BCUT2D eigenvalue weighted by atomic mass is 35.5. The lowest BCUT2D eigenvalue weighted by molar-refractivity contribution is 0.0930. The number of carbonyl (C=O) groups is 1. The predicted molar refractivity (Wildman–Crippen MR) is 84.9 cm³/mol. The van der Waals surface area contributed by atoms with Crippen LogP contribution in [0.25, 0.3) is 5.65 Å². The van der Waals surface area contributed by atoms with Crippen molar-refractivity contribution in [2.45, 2.75) is 19.4 Å². The van der Waals surface area contributed by atoms with Crippen LogP contribution in [0.5, 0.6) is 0 Å². The zero-order chi connectivity index (χ0) is 15.5. The van der Waals surface area contributed by atoms with Crippen LogP contribution in [0.1, 0.15) is 35.4 Å². The van der Waals surface area contributed by atoms with Gasteiger partial charge >= 0.3 is 0 Å². The molecule has 3 aromatic rings. The van der Waals surface area contributed by atoms with E-state index >= 15 is 0 Å². The Hall–Kier alpha value is -2.40. The largest absolute Gasteiger partial charge is 0.344 e. The van der Waals surface area contributed by atoms with Crippen LogP contribution < -0.4 is 5.32 Å². The first-order valence-electron chi connectivity index (χ1n) is 7.05. The number of benzene rings is 1. The fraction of sp³-hybridized carbons (Fsp3) is 0.188. The number of carbonyl (C=O) groups excluding carboxylic acids is 1. The lowest BCUT2D eigenvalue weighted by Crippen LogP contribution is -2.28. The smallest absolute Gasteiger partial charge is 0.273 e. The molecule has 0 aliphatic rings.